The predicted molar refractivity (Wildman–Crippen MR) is 93.4 cm³/mol. The molecule has 1 aliphatic carbocycles. The maximum absolute atomic E-state index is 12.0. The van der Waals surface area contributed by atoms with Crippen molar-refractivity contribution in [2.24, 2.45) is 0 Å². The van der Waals surface area contributed by atoms with Crippen molar-refractivity contribution in [3.63, 3.8) is 0 Å². The summed E-state index contributed by atoms with van der Waals surface area (Å²) in [5.74, 6) is -0.894. The van der Waals surface area contributed by atoms with E-state index in [0.29, 0.717) is 24.3 Å². The topological polar surface area (TPSA) is 87.7 Å². The maximum atomic E-state index is 12.0. The Hall–Kier alpha value is -2.86. The highest BCUT2D eigenvalue weighted by atomic mass is 16.5. The number of carbonyl (C=O) groups is 2. The summed E-state index contributed by atoms with van der Waals surface area (Å²) < 4.78 is 5.04. The van der Waals surface area contributed by atoms with Gasteiger partial charge in [0.05, 0.1) is 12.7 Å². The van der Waals surface area contributed by atoms with Crippen LogP contribution in [0.4, 0.5) is 5.69 Å². The molecule has 2 amide bonds. The Labute approximate surface area is 145 Å². The minimum Gasteiger partial charge on any atom is -0.497 e. The molecular weight excluding hydrogens is 320 g/mol. The Morgan fingerprint density at radius 1 is 1.04 bits per heavy atom. The maximum Gasteiger partial charge on any atom is 0.313 e. The van der Waals surface area contributed by atoms with Gasteiger partial charge in [0.15, 0.2) is 0 Å². The van der Waals surface area contributed by atoms with Crippen LogP contribution in [-0.4, -0.2) is 36.2 Å². The summed E-state index contributed by atoms with van der Waals surface area (Å²) in [7, 11) is 1.55. The van der Waals surface area contributed by atoms with Crippen molar-refractivity contribution in [1.29, 1.82) is 0 Å². The molecule has 0 spiro atoms. The third kappa shape index (κ3) is 3.97. The van der Waals surface area contributed by atoms with Crippen molar-refractivity contribution in [3.8, 4) is 5.75 Å². The molecular formula is C19H20N2O4. The number of carbonyl (C=O) groups excluding carboxylic acids is 2. The third-order valence-electron chi connectivity index (χ3n) is 4.29. The number of hydrogen-bond donors (Lipinski definition) is 3. The Bertz CT molecular complexity index is 761. The summed E-state index contributed by atoms with van der Waals surface area (Å²) in [6, 6.07) is 14.4. The highest BCUT2D eigenvalue weighted by Crippen LogP contribution is 2.29. The lowest BCUT2D eigenvalue weighted by Crippen LogP contribution is -2.46. The Balaban J connectivity index is 1.53. The number of benzene rings is 2. The molecule has 0 fully saturated rings. The first-order chi connectivity index (χ1) is 12.0. The summed E-state index contributed by atoms with van der Waals surface area (Å²) in [6.45, 7) is 0.0244. The van der Waals surface area contributed by atoms with E-state index >= 15 is 0 Å². The molecule has 0 aliphatic heterocycles. The van der Waals surface area contributed by atoms with Crippen molar-refractivity contribution < 1.29 is 19.4 Å². The minimum absolute atomic E-state index is 0.0244. The van der Waals surface area contributed by atoms with Crippen LogP contribution in [0.2, 0.25) is 0 Å². The first-order valence-electron chi connectivity index (χ1n) is 8.01. The summed E-state index contributed by atoms with van der Waals surface area (Å²) in [5, 5.41) is 15.7. The highest BCUT2D eigenvalue weighted by Gasteiger charge is 2.35. The number of nitrogens with one attached hydrogen (secondary N) is 2. The van der Waals surface area contributed by atoms with Gasteiger partial charge in [-0.2, -0.15) is 0 Å². The molecule has 0 aromatic heterocycles. The number of anilines is 1. The SMILES string of the molecule is COc1ccc(NC(=O)C(=O)NCC2(O)Cc3ccccc3C2)cc1. The van der Waals surface area contributed by atoms with Crippen LogP contribution < -0.4 is 15.4 Å². The number of fused-ring (bicyclic) bond motifs is 1. The van der Waals surface area contributed by atoms with Gasteiger partial charge in [0.25, 0.3) is 0 Å². The molecule has 0 bridgehead atoms. The van der Waals surface area contributed by atoms with Gasteiger partial charge >= 0.3 is 11.8 Å². The number of hydrogen-bond acceptors (Lipinski definition) is 4. The number of rotatable bonds is 4. The monoisotopic (exact) mass is 340 g/mol. The van der Waals surface area contributed by atoms with E-state index < -0.39 is 17.4 Å². The lowest BCUT2D eigenvalue weighted by molar-refractivity contribution is -0.136. The molecule has 0 saturated carbocycles. The molecule has 3 N–H and O–H groups in total. The van der Waals surface area contributed by atoms with E-state index in [0.717, 1.165) is 11.1 Å². The molecule has 2 aromatic rings. The van der Waals surface area contributed by atoms with Crippen LogP contribution >= 0.6 is 0 Å². The first kappa shape index (κ1) is 17.0. The summed E-state index contributed by atoms with van der Waals surface area (Å²) in [6.07, 6.45) is 0.924. The molecule has 130 valence electrons. The number of aliphatic hydroxyl groups is 1. The Morgan fingerprint density at radius 2 is 1.64 bits per heavy atom. The van der Waals surface area contributed by atoms with Crippen LogP contribution in [0.3, 0.4) is 0 Å². The zero-order chi connectivity index (χ0) is 17.9. The zero-order valence-corrected chi connectivity index (χ0v) is 13.9. The second-order valence-corrected chi connectivity index (χ2v) is 6.21. The van der Waals surface area contributed by atoms with Gasteiger partial charge < -0.3 is 20.5 Å². The normalized spacial score (nSPS) is 14.5. The van der Waals surface area contributed by atoms with Crippen molar-refractivity contribution in [2.75, 3.05) is 19.0 Å². The molecule has 0 atom stereocenters. The lowest BCUT2D eigenvalue weighted by atomic mass is 10.0. The molecule has 3 rings (SSSR count). The van der Waals surface area contributed by atoms with Crippen LogP contribution in [0, 0.1) is 0 Å². The summed E-state index contributed by atoms with van der Waals surface area (Å²) >= 11 is 0. The average Bonchev–Trinajstić information content (AvgIpc) is 2.96. The smallest absolute Gasteiger partial charge is 0.313 e. The van der Waals surface area contributed by atoms with Gasteiger partial charge in [0.1, 0.15) is 5.75 Å². The molecule has 0 radical (unpaired) electrons. The van der Waals surface area contributed by atoms with Crippen LogP contribution in [0.5, 0.6) is 5.75 Å². The fraction of sp³-hybridized carbons (Fsp3) is 0.263. The van der Waals surface area contributed by atoms with Crippen LogP contribution in [-0.2, 0) is 22.4 Å². The van der Waals surface area contributed by atoms with Crippen LogP contribution in [0.1, 0.15) is 11.1 Å². The van der Waals surface area contributed by atoms with Gasteiger partial charge in [-0.25, -0.2) is 0 Å². The molecule has 0 heterocycles. The fourth-order valence-electron chi connectivity index (χ4n) is 2.99. The second kappa shape index (κ2) is 6.94. The molecule has 1 aliphatic rings. The number of ether oxygens (including phenoxy) is 1. The van der Waals surface area contributed by atoms with E-state index in [1.165, 1.54) is 0 Å². The van der Waals surface area contributed by atoms with E-state index in [2.05, 4.69) is 10.6 Å². The van der Waals surface area contributed by atoms with E-state index in [4.69, 9.17) is 4.74 Å². The molecule has 6 heteroatoms. The second-order valence-electron chi connectivity index (χ2n) is 6.21. The standard InChI is InChI=1S/C19H20N2O4/c1-25-16-8-6-15(7-9-16)21-18(23)17(22)20-12-19(24)10-13-4-2-3-5-14(13)11-19/h2-9,24H,10-12H2,1H3,(H,20,22)(H,21,23). The lowest BCUT2D eigenvalue weighted by Gasteiger charge is -2.22. The summed E-state index contributed by atoms with van der Waals surface area (Å²) in [5.41, 5.74) is 1.58. The molecule has 0 saturated heterocycles. The fourth-order valence-corrected chi connectivity index (χ4v) is 2.99. The average molecular weight is 340 g/mol. The zero-order valence-electron chi connectivity index (χ0n) is 13.9. The van der Waals surface area contributed by atoms with Gasteiger partial charge in [0.2, 0.25) is 0 Å². The largest absolute Gasteiger partial charge is 0.497 e. The van der Waals surface area contributed by atoms with Gasteiger partial charge in [-0.3, -0.25) is 9.59 Å². The molecule has 2 aromatic carbocycles. The van der Waals surface area contributed by atoms with Crippen molar-refractivity contribution in [1.82, 2.24) is 5.32 Å². The van der Waals surface area contributed by atoms with Gasteiger partial charge in [-0.15, -0.1) is 0 Å². The molecule has 25 heavy (non-hydrogen) atoms. The van der Waals surface area contributed by atoms with Crippen molar-refractivity contribution in [3.05, 3.63) is 59.7 Å². The molecule has 6 nitrogen and oxygen atoms in total. The first-order valence-corrected chi connectivity index (χ1v) is 8.01. The van der Waals surface area contributed by atoms with Crippen LogP contribution in [0.25, 0.3) is 0 Å². The van der Waals surface area contributed by atoms with Crippen molar-refractivity contribution in [2.45, 2.75) is 18.4 Å². The summed E-state index contributed by atoms with van der Waals surface area (Å²) in [4.78, 5) is 23.9. The van der Waals surface area contributed by atoms with Crippen molar-refractivity contribution >= 4 is 17.5 Å². The number of amides is 2. The predicted octanol–water partition coefficient (Wildman–Crippen LogP) is 1.28. The quantitative estimate of drug-likeness (QED) is 0.732. The molecule has 0 unspecified atom stereocenters. The Kier molecular flexibility index (Phi) is 4.72. The van der Waals surface area contributed by atoms with Crippen LogP contribution in [0.15, 0.2) is 48.5 Å². The van der Waals surface area contributed by atoms with Gasteiger partial charge in [-0.1, -0.05) is 24.3 Å². The van der Waals surface area contributed by atoms with Gasteiger partial charge in [0, 0.05) is 25.1 Å². The number of methoxy groups -OCH3 is 1. The third-order valence-corrected chi connectivity index (χ3v) is 4.29. The van der Waals surface area contributed by atoms with E-state index in [1.54, 1.807) is 31.4 Å². The van der Waals surface area contributed by atoms with E-state index in [1.807, 2.05) is 24.3 Å². The van der Waals surface area contributed by atoms with E-state index in [9.17, 15) is 14.7 Å². The minimum atomic E-state index is -1.06. The van der Waals surface area contributed by atoms with Gasteiger partial charge in [-0.05, 0) is 35.4 Å². The highest BCUT2D eigenvalue weighted by molar-refractivity contribution is 6.39. The Morgan fingerprint density at radius 3 is 2.20 bits per heavy atom. The van der Waals surface area contributed by atoms with E-state index in [-0.39, 0.29) is 6.54 Å².